The van der Waals surface area contributed by atoms with Crippen molar-refractivity contribution < 1.29 is 9.50 Å². The highest BCUT2D eigenvalue weighted by Crippen LogP contribution is 2.19. The topological polar surface area (TPSA) is 32.3 Å². The summed E-state index contributed by atoms with van der Waals surface area (Å²) in [7, 11) is 0. The quantitative estimate of drug-likeness (QED) is 0.731. The van der Waals surface area contributed by atoms with Crippen LogP contribution in [-0.4, -0.2) is 30.1 Å². The molecule has 1 atom stereocenters. The van der Waals surface area contributed by atoms with E-state index in [1.165, 1.54) is 12.1 Å². The molecular formula is C11H16FNOS. The van der Waals surface area contributed by atoms with Gasteiger partial charge in [0.1, 0.15) is 5.82 Å². The minimum atomic E-state index is -0.219. The molecule has 0 aromatic heterocycles. The van der Waals surface area contributed by atoms with Crippen LogP contribution in [0.2, 0.25) is 0 Å². The van der Waals surface area contributed by atoms with E-state index in [0.717, 1.165) is 17.2 Å². The Labute approximate surface area is 93.9 Å². The van der Waals surface area contributed by atoms with Crippen molar-refractivity contribution in [2.75, 3.05) is 18.9 Å². The standard InChI is InChI=1S/C11H16FNOS/c1-2-13-10(7-14)8-15-11-5-3-4-9(12)6-11/h3-6,10,13-14H,2,7-8H2,1H3. The molecule has 1 aromatic carbocycles. The zero-order valence-electron chi connectivity index (χ0n) is 8.74. The fourth-order valence-electron chi connectivity index (χ4n) is 1.22. The number of halogens is 1. The van der Waals surface area contributed by atoms with Gasteiger partial charge in [0, 0.05) is 16.7 Å². The molecule has 15 heavy (non-hydrogen) atoms. The maximum absolute atomic E-state index is 12.8. The third-order valence-corrected chi connectivity index (χ3v) is 3.12. The number of benzene rings is 1. The summed E-state index contributed by atoms with van der Waals surface area (Å²) in [5, 5.41) is 12.2. The largest absolute Gasteiger partial charge is 0.395 e. The van der Waals surface area contributed by atoms with Crippen molar-refractivity contribution in [3.05, 3.63) is 30.1 Å². The first-order valence-electron chi connectivity index (χ1n) is 4.99. The Kier molecular flexibility index (Phi) is 5.68. The van der Waals surface area contributed by atoms with Crippen LogP contribution < -0.4 is 5.32 Å². The Hall–Kier alpha value is -0.580. The van der Waals surface area contributed by atoms with E-state index in [4.69, 9.17) is 5.11 Å². The summed E-state index contributed by atoms with van der Waals surface area (Å²) < 4.78 is 12.8. The average molecular weight is 229 g/mol. The Morgan fingerprint density at radius 2 is 2.33 bits per heavy atom. The molecule has 0 aliphatic rings. The number of hydrogen-bond donors (Lipinski definition) is 2. The Bertz CT molecular complexity index is 296. The van der Waals surface area contributed by atoms with E-state index < -0.39 is 0 Å². The maximum atomic E-state index is 12.8. The zero-order valence-corrected chi connectivity index (χ0v) is 9.56. The van der Waals surface area contributed by atoms with E-state index in [9.17, 15) is 4.39 Å². The molecule has 0 bridgehead atoms. The van der Waals surface area contributed by atoms with E-state index in [2.05, 4.69) is 5.32 Å². The molecule has 0 heterocycles. The van der Waals surface area contributed by atoms with Crippen LogP contribution in [0.4, 0.5) is 4.39 Å². The van der Waals surface area contributed by atoms with Crippen molar-refractivity contribution in [1.29, 1.82) is 0 Å². The van der Waals surface area contributed by atoms with Gasteiger partial charge in [0.05, 0.1) is 6.61 Å². The summed E-state index contributed by atoms with van der Waals surface area (Å²) in [4.78, 5) is 0.895. The lowest BCUT2D eigenvalue weighted by Gasteiger charge is -2.14. The molecule has 0 fully saturated rings. The predicted octanol–water partition coefficient (Wildman–Crippen LogP) is 1.89. The number of aliphatic hydroxyl groups is 1. The van der Waals surface area contributed by atoms with Gasteiger partial charge in [0.2, 0.25) is 0 Å². The van der Waals surface area contributed by atoms with Crippen molar-refractivity contribution in [3.63, 3.8) is 0 Å². The van der Waals surface area contributed by atoms with Gasteiger partial charge in [-0.25, -0.2) is 4.39 Å². The minimum absolute atomic E-state index is 0.0725. The van der Waals surface area contributed by atoms with Crippen molar-refractivity contribution in [3.8, 4) is 0 Å². The fourth-order valence-corrected chi connectivity index (χ4v) is 2.21. The van der Waals surface area contributed by atoms with Crippen molar-refractivity contribution in [1.82, 2.24) is 5.32 Å². The van der Waals surface area contributed by atoms with Crippen LogP contribution in [0.15, 0.2) is 29.2 Å². The first-order chi connectivity index (χ1) is 7.26. The number of hydrogen-bond acceptors (Lipinski definition) is 3. The summed E-state index contributed by atoms with van der Waals surface area (Å²) in [5.41, 5.74) is 0. The molecule has 2 nitrogen and oxygen atoms in total. The van der Waals surface area contributed by atoms with Crippen LogP contribution in [0.25, 0.3) is 0 Å². The summed E-state index contributed by atoms with van der Waals surface area (Å²) in [5.74, 6) is 0.525. The highest BCUT2D eigenvalue weighted by atomic mass is 32.2. The molecule has 0 amide bonds. The SMILES string of the molecule is CCNC(CO)CSc1cccc(F)c1. The fraction of sp³-hybridized carbons (Fsp3) is 0.455. The van der Waals surface area contributed by atoms with Gasteiger partial charge >= 0.3 is 0 Å². The van der Waals surface area contributed by atoms with Gasteiger partial charge in [0.15, 0.2) is 0 Å². The molecule has 4 heteroatoms. The van der Waals surface area contributed by atoms with Crippen molar-refractivity contribution >= 4 is 11.8 Å². The molecule has 2 N–H and O–H groups in total. The second kappa shape index (κ2) is 6.82. The van der Waals surface area contributed by atoms with Gasteiger partial charge in [-0.15, -0.1) is 11.8 Å². The molecule has 0 aliphatic carbocycles. The highest BCUT2D eigenvalue weighted by Gasteiger charge is 2.06. The lowest BCUT2D eigenvalue weighted by atomic mass is 10.3. The lowest BCUT2D eigenvalue weighted by Crippen LogP contribution is -2.34. The van der Waals surface area contributed by atoms with Crippen LogP contribution in [-0.2, 0) is 0 Å². The molecular weight excluding hydrogens is 213 g/mol. The van der Waals surface area contributed by atoms with Gasteiger partial charge in [-0.1, -0.05) is 13.0 Å². The van der Waals surface area contributed by atoms with Crippen LogP contribution in [0.3, 0.4) is 0 Å². The zero-order chi connectivity index (χ0) is 11.1. The number of nitrogens with one attached hydrogen (secondary N) is 1. The van der Waals surface area contributed by atoms with E-state index >= 15 is 0 Å². The second-order valence-corrected chi connectivity index (χ2v) is 4.30. The van der Waals surface area contributed by atoms with Crippen molar-refractivity contribution in [2.45, 2.75) is 17.9 Å². The summed E-state index contributed by atoms with van der Waals surface area (Å²) in [6.07, 6.45) is 0. The van der Waals surface area contributed by atoms with Crippen LogP contribution in [0.5, 0.6) is 0 Å². The molecule has 1 rings (SSSR count). The molecule has 0 spiro atoms. The van der Waals surface area contributed by atoms with E-state index in [0.29, 0.717) is 0 Å². The molecule has 1 unspecified atom stereocenters. The Balaban J connectivity index is 2.41. The van der Waals surface area contributed by atoms with Gasteiger partial charge in [-0.2, -0.15) is 0 Å². The number of rotatable bonds is 6. The molecule has 1 aromatic rings. The summed E-state index contributed by atoms with van der Waals surface area (Å²) in [6.45, 7) is 2.93. The number of thioether (sulfide) groups is 1. The molecule has 84 valence electrons. The third kappa shape index (κ3) is 4.64. The highest BCUT2D eigenvalue weighted by molar-refractivity contribution is 7.99. The van der Waals surface area contributed by atoms with Gasteiger partial charge in [0.25, 0.3) is 0 Å². The number of aliphatic hydroxyl groups excluding tert-OH is 1. The molecule has 0 saturated carbocycles. The lowest BCUT2D eigenvalue weighted by molar-refractivity contribution is 0.255. The summed E-state index contributed by atoms with van der Waals surface area (Å²) >= 11 is 1.54. The predicted molar refractivity (Wildman–Crippen MR) is 61.7 cm³/mol. The van der Waals surface area contributed by atoms with Crippen LogP contribution in [0.1, 0.15) is 6.92 Å². The van der Waals surface area contributed by atoms with E-state index in [1.54, 1.807) is 17.8 Å². The van der Waals surface area contributed by atoms with Crippen molar-refractivity contribution in [2.24, 2.45) is 0 Å². The monoisotopic (exact) mass is 229 g/mol. The first kappa shape index (κ1) is 12.5. The first-order valence-corrected chi connectivity index (χ1v) is 5.97. The Morgan fingerprint density at radius 3 is 2.93 bits per heavy atom. The molecule has 0 radical (unpaired) electrons. The van der Waals surface area contributed by atoms with Crippen LogP contribution in [0, 0.1) is 5.82 Å². The summed E-state index contributed by atoms with van der Waals surface area (Å²) in [6, 6.07) is 6.57. The van der Waals surface area contributed by atoms with Gasteiger partial charge < -0.3 is 10.4 Å². The molecule has 0 saturated heterocycles. The van der Waals surface area contributed by atoms with E-state index in [1.807, 2.05) is 13.0 Å². The van der Waals surface area contributed by atoms with E-state index in [-0.39, 0.29) is 18.5 Å². The maximum Gasteiger partial charge on any atom is 0.124 e. The number of likely N-dealkylation sites (N-methyl/N-ethyl adjacent to an activating group) is 1. The van der Waals surface area contributed by atoms with Gasteiger partial charge in [-0.05, 0) is 24.7 Å². The van der Waals surface area contributed by atoms with Gasteiger partial charge in [-0.3, -0.25) is 0 Å². The smallest absolute Gasteiger partial charge is 0.124 e. The normalized spacial score (nSPS) is 12.7. The van der Waals surface area contributed by atoms with Crippen LogP contribution >= 0.6 is 11.8 Å². The second-order valence-electron chi connectivity index (χ2n) is 3.21. The molecule has 0 aliphatic heterocycles. The Morgan fingerprint density at radius 1 is 1.53 bits per heavy atom. The minimum Gasteiger partial charge on any atom is -0.395 e. The third-order valence-electron chi connectivity index (χ3n) is 1.96. The average Bonchev–Trinajstić information content (AvgIpc) is 2.24.